The summed E-state index contributed by atoms with van der Waals surface area (Å²) in [4.78, 5) is 23.1. The van der Waals surface area contributed by atoms with Gasteiger partial charge in [-0.15, -0.1) is 0 Å². The van der Waals surface area contributed by atoms with Crippen LogP contribution in [0, 0.1) is 17.6 Å². The number of ether oxygens (including phenoxy) is 1. The van der Waals surface area contributed by atoms with E-state index >= 15 is 0 Å². The lowest BCUT2D eigenvalue weighted by Gasteiger charge is -2.17. The molecule has 0 aliphatic carbocycles. The zero-order valence-electron chi connectivity index (χ0n) is 11.9. The van der Waals surface area contributed by atoms with Gasteiger partial charge in [-0.3, -0.25) is 4.79 Å². The fourth-order valence-corrected chi connectivity index (χ4v) is 1.87. The van der Waals surface area contributed by atoms with Gasteiger partial charge in [0, 0.05) is 0 Å². The summed E-state index contributed by atoms with van der Waals surface area (Å²) in [5.74, 6) is -4.71. The zero-order chi connectivity index (χ0) is 16.2. The molecule has 0 saturated carbocycles. The van der Waals surface area contributed by atoms with Crippen LogP contribution in [-0.2, 0) is 4.79 Å². The number of hydrogen-bond donors (Lipinski definition) is 2. The molecule has 1 rings (SSSR count). The van der Waals surface area contributed by atoms with E-state index < -0.39 is 40.9 Å². The predicted molar refractivity (Wildman–Crippen MR) is 71.3 cm³/mol. The molecule has 1 atom stereocenters. The first kappa shape index (κ1) is 16.9. The number of amides is 1. The topological polar surface area (TPSA) is 75.6 Å². The van der Waals surface area contributed by atoms with Crippen molar-refractivity contribution in [3.05, 3.63) is 29.3 Å². The molecule has 0 radical (unpaired) electrons. The molecule has 1 amide bonds. The number of halogens is 2. The highest BCUT2D eigenvalue weighted by molar-refractivity contribution is 5.99. The van der Waals surface area contributed by atoms with Gasteiger partial charge in [0.15, 0.2) is 11.6 Å². The molecule has 1 aromatic rings. The van der Waals surface area contributed by atoms with Gasteiger partial charge in [0.25, 0.3) is 5.91 Å². The van der Waals surface area contributed by atoms with Gasteiger partial charge in [-0.2, -0.15) is 0 Å². The van der Waals surface area contributed by atoms with E-state index in [9.17, 15) is 18.4 Å². The smallest absolute Gasteiger partial charge is 0.326 e. The summed E-state index contributed by atoms with van der Waals surface area (Å²) in [6, 6.07) is 0.420. The van der Waals surface area contributed by atoms with Crippen molar-refractivity contribution in [2.45, 2.75) is 26.3 Å². The molecule has 21 heavy (non-hydrogen) atoms. The second-order valence-corrected chi connectivity index (χ2v) is 4.93. The molecule has 0 bridgehead atoms. The number of carbonyl (C=O) groups is 2. The minimum atomic E-state index is -1.24. The molecule has 1 aromatic carbocycles. The van der Waals surface area contributed by atoms with E-state index in [-0.39, 0.29) is 12.3 Å². The van der Waals surface area contributed by atoms with Crippen molar-refractivity contribution in [1.29, 1.82) is 0 Å². The highest BCUT2D eigenvalue weighted by Crippen LogP contribution is 2.25. The Hall–Kier alpha value is -2.18. The SMILES string of the molecule is COc1c(F)ccc(F)c1C(=O)N[C@H](CC(C)C)C(=O)O. The maximum atomic E-state index is 13.7. The molecule has 5 nitrogen and oxygen atoms in total. The molecule has 0 saturated heterocycles. The van der Waals surface area contributed by atoms with Gasteiger partial charge in [-0.1, -0.05) is 13.8 Å². The van der Waals surface area contributed by atoms with Gasteiger partial charge in [0.1, 0.15) is 17.4 Å². The molecule has 0 unspecified atom stereocenters. The van der Waals surface area contributed by atoms with Crippen molar-refractivity contribution < 1.29 is 28.2 Å². The van der Waals surface area contributed by atoms with Crippen molar-refractivity contribution in [1.82, 2.24) is 5.32 Å². The normalized spacial score (nSPS) is 12.1. The number of rotatable bonds is 6. The summed E-state index contributed by atoms with van der Waals surface area (Å²) < 4.78 is 31.9. The fraction of sp³-hybridized carbons (Fsp3) is 0.429. The fourth-order valence-electron chi connectivity index (χ4n) is 1.87. The Bertz CT molecular complexity index is 546. The van der Waals surface area contributed by atoms with E-state index in [1.165, 1.54) is 0 Å². The van der Waals surface area contributed by atoms with Crippen molar-refractivity contribution in [2.75, 3.05) is 7.11 Å². The maximum absolute atomic E-state index is 13.7. The molecular weight excluding hydrogens is 284 g/mol. The molecule has 0 fully saturated rings. The van der Waals surface area contributed by atoms with E-state index in [0.717, 1.165) is 19.2 Å². The van der Waals surface area contributed by atoms with Gasteiger partial charge in [0.05, 0.1) is 7.11 Å². The van der Waals surface area contributed by atoms with E-state index in [0.29, 0.717) is 0 Å². The van der Waals surface area contributed by atoms with E-state index in [1.54, 1.807) is 13.8 Å². The van der Waals surface area contributed by atoms with Crippen LogP contribution >= 0.6 is 0 Å². The molecule has 0 aliphatic rings. The third kappa shape index (κ3) is 4.14. The van der Waals surface area contributed by atoms with Gasteiger partial charge in [-0.25, -0.2) is 13.6 Å². The average Bonchev–Trinajstić information content (AvgIpc) is 2.39. The minimum Gasteiger partial charge on any atom is -0.493 e. The highest BCUT2D eigenvalue weighted by atomic mass is 19.1. The second-order valence-electron chi connectivity index (χ2n) is 4.93. The number of carbonyl (C=O) groups excluding carboxylic acids is 1. The number of carboxylic acid groups (broad SMARTS) is 1. The zero-order valence-corrected chi connectivity index (χ0v) is 11.9. The van der Waals surface area contributed by atoms with Crippen LogP contribution in [-0.4, -0.2) is 30.1 Å². The van der Waals surface area contributed by atoms with Crippen LogP contribution in [0.5, 0.6) is 5.75 Å². The summed E-state index contributed by atoms with van der Waals surface area (Å²) in [7, 11) is 1.09. The summed E-state index contributed by atoms with van der Waals surface area (Å²) in [6.07, 6.45) is 0.167. The van der Waals surface area contributed by atoms with Gasteiger partial charge in [0.2, 0.25) is 0 Å². The Morgan fingerprint density at radius 1 is 1.29 bits per heavy atom. The number of carboxylic acids is 1. The van der Waals surface area contributed by atoms with Crippen molar-refractivity contribution in [3.63, 3.8) is 0 Å². The Kier molecular flexibility index (Phi) is 5.63. The first-order valence-corrected chi connectivity index (χ1v) is 6.33. The molecule has 2 N–H and O–H groups in total. The molecule has 7 heteroatoms. The Morgan fingerprint density at radius 3 is 2.33 bits per heavy atom. The lowest BCUT2D eigenvalue weighted by atomic mass is 10.0. The summed E-state index contributed by atoms with van der Waals surface area (Å²) in [5, 5.41) is 11.2. The van der Waals surface area contributed by atoms with Crippen LogP contribution < -0.4 is 10.1 Å². The van der Waals surface area contributed by atoms with E-state index in [1.807, 2.05) is 0 Å². The maximum Gasteiger partial charge on any atom is 0.326 e. The third-order valence-electron chi connectivity index (χ3n) is 2.80. The molecule has 116 valence electrons. The standard InChI is InChI=1S/C14H17F2NO4/c1-7(2)6-10(14(19)20)17-13(18)11-8(15)4-5-9(16)12(11)21-3/h4-5,7,10H,6H2,1-3H3,(H,17,18)(H,19,20)/t10-/m1/s1. The second kappa shape index (κ2) is 7.01. The summed E-state index contributed by atoms with van der Waals surface area (Å²) >= 11 is 0. The van der Waals surface area contributed by atoms with E-state index in [4.69, 9.17) is 5.11 Å². The average molecular weight is 301 g/mol. The quantitative estimate of drug-likeness (QED) is 0.844. The third-order valence-corrected chi connectivity index (χ3v) is 2.80. The number of aliphatic carboxylic acids is 1. The monoisotopic (exact) mass is 301 g/mol. The van der Waals surface area contributed by atoms with Crippen LogP contribution in [0.15, 0.2) is 12.1 Å². The Labute approximate surface area is 120 Å². The van der Waals surface area contributed by atoms with Crippen LogP contribution in [0.25, 0.3) is 0 Å². The Morgan fingerprint density at radius 2 is 1.86 bits per heavy atom. The van der Waals surface area contributed by atoms with E-state index in [2.05, 4.69) is 10.1 Å². The van der Waals surface area contributed by atoms with Crippen molar-refractivity contribution >= 4 is 11.9 Å². The first-order chi connectivity index (χ1) is 9.77. The van der Waals surface area contributed by atoms with Crippen LogP contribution in [0.4, 0.5) is 8.78 Å². The number of methoxy groups -OCH3 is 1. The number of benzene rings is 1. The van der Waals surface area contributed by atoms with Crippen molar-refractivity contribution in [2.24, 2.45) is 5.92 Å². The molecule has 0 aromatic heterocycles. The number of nitrogens with one attached hydrogen (secondary N) is 1. The van der Waals surface area contributed by atoms with Gasteiger partial charge < -0.3 is 15.2 Å². The summed E-state index contributed by atoms with van der Waals surface area (Å²) in [6.45, 7) is 3.57. The lowest BCUT2D eigenvalue weighted by molar-refractivity contribution is -0.139. The first-order valence-electron chi connectivity index (χ1n) is 6.33. The molecule has 0 aliphatic heterocycles. The largest absolute Gasteiger partial charge is 0.493 e. The summed E-state index contributed by atoms with van der Waals surface area (Å²) in [5.41, 5.74) is -0.646. The van der Waals surface area contributed by atoms with Gasteiger partial charge >= 0.3 is 5.97 Å². The molecular formula is C14H17F2NO4. The molecule has 0 spiro atoms. The molecule has 0 heterocycles. The van der Waals surface area contributed by atoms with Crippen LogP contribution in [0.2, 0.25) is 0 Å². The number of hydrogen-bond acceptors (Lipinski definition) is 3. The Balaban J connectivity index is 3.08. The van der Waals surface area contributed by atoms with Crippen LogP contribution in [0.1, 0.15) is 30.6 Å². The van der Waals surface area contributed by atoms with Crippen molar-refractivity contribution in [3.8, 4) is 5.75 Å². The highest BCUT2D eigenvalue weighted by Gasteiger charge is 2.26. The van der Waals surface area contributed by atoms with Gasteiger partial charge in [-0.05, 0) is 24.5 Å². The predicted octanol–water partition coefficient (Wildman–Crippen LogP) is 2.20. The minimum absolute atomic E-state index is 0.00523. The van der Waals surface area contributed by atoms with Crippen LogP contribution in [0.3, 0.4) is 0 Å². The lowest BCUT2D eigenvalue weighted by Crippen LogP contribution is -2.42.